The number of rotatable bonds is 5. The molecule has 5 nitrogen and oxygen atoms in total. The number of nitrogens with zero attached hydrogens (tertiary/aromatic N) is 1. The Labute approximate surface area is 141 Å². The van der Waals surface area contributed by atoms with Crippen molar-refractivity contribution in [2.24, 2.45) is 5.92 Å². The number of ether oxygens (including phenoxy) is 1. The number of benzene rings is 1. The Morgan fingerprint density at radius 3 is 2.77 bits per heavy atom. The van der Waals surface area contributed by atoms with E-state index in [2.05, 4.69) is 15.9 Å². The standard InChI is InChI=1S/C13H14BrClFNO4S/c1-2-21-13-10(14)4-9(15)5-11(13)17-6-8(3-12(17)18)7-22(16,19)20/h4-5,8H,2-3,6-7H2,1H3. The smallest absolute Gasteiger partial charge is 0.302 e. The molecule has 22 heavy (non-hydrogen) atoms. The molecule has 9 heteroatoms. The summed E-state index contributed by atoms with van der Waals surface area (Å²) in [5.74, 6) is -1.09. The van der Waals surface area contributed by atoms with Crippen LogP contribution in [0.2, 0.25) is 5.02 Å². The third-order valence-electron chi connectivity index (χ3n) is 3.21. The maximum Gasteiger partial charge on any atom is 0.302 e. The monoisotopic (exact) mass is 413 g/mol. The summed E-state index contributed by atoms with van der Waals surface area (Å²) in [6.07, 6.45) is -0.0289. The average Bonchev–Trinajstić information content (AvgIpc) is 2.70. The normalized spacial score (nSPS) is 18.8. The summed E-state index contributed by atoms with van der Waals surface area (Å²) >= 11 is 9.34. The van der Waals surface area contributed by atoms with Crippen molar-refractivity contribution in [1.29, 1.82) is 0 Å². The van der Waals surface area contributed by atoms with Crippen LogP contribution in [0, 0.1) is 5.92 Å². The second-order valence-corrected chi connectivity index (χ2v) is 7.65. The van der Waals surface area contributed by atoms with E-state index in [1.807, 2.05) is 0 Å². The molecule has 0 aromatic heterocycles. The highest BCUT2D eigenvalue weighted by Crippen LogP contribution is 2.41. The number of carbonyl (C=O) groups excluding carboxylic acids is 1. The van der Waals surface area contributed by atoms with Gasteiger partial charge in [0.2, 0.25) is 5.91 Å². The van der Waals surface area contributed by atoms with E-state index >= 15 is 0 Å². The summed E-state index contributed by atoms with van der Waals surface area (Å²) in [4.78, 5) is 13.5. The molecule has 1 aliphatic rings. The van der Waals surface area contributed by atoms with E-state index in [1.54, 1.807) is 19.1 Å². The zero-order valence-electron chi connectivity index (χ0n) is 11.7. The molecule has 1 atom stereocenters. The molecule has 1 saturated heterocycles. The van der Waals surface area contributed by atoms with Crippen LogP contribution in [-0.2, 0) is 15.0 Å². The van der Waals surface area contributed by atoms with Crippen molar-refractivity contribution >= 4 is 49.3 Å². The van der Waals surface area contributed by atoms with Gasteiger partial charge in [0, 0.05) is 23.9 Å². The first kappa shape index (κ1) is 17.5. The number of anilines is 1. The molecule has 1 aromatic rings. The summed E-state index contributed by atoms with van der Waals surface area (Å²) in [7, 11) is -4.62. The van der Waals surface area contributed by atoms with Gasteiger partial charge >= 0.3 is 10.2 Å². The minimum Gasteiger partial charge on any atom is -0.490 e. The van der Waals surface area contributed by atoms with Crippen LogP contribution < -0.4 is 9.64 Å². The molecule has 0 aliphatic carbocycles. The van der Waals surface area contributed by atoms with Crippen LogP contribution in [0.25, 0.3) is 0 Å². The molecule has 1 aliphatic heterocycles. The molecular formula is C13H14BrClFNO4S. The molecular weight excluding hydrogens is 401 g/mol. The van der Waals surface area contributed by atoms with Gasteiger partial charge in [-0.3, -0.25) is 4.79 Å². The van der Waals surface area contributed by atoms with Crippen LogP contribution in [0.3, 0.4) is 0 Å². The maximum absolute atomic E-state index is 12.8. The third-order valence-corrected chi connectivity index (χ3v) is 4.88. The van der Waals surface area contributed by atoms with Crippen molar-refractivity contribution in [3.63, 3.8) is 0 Å². The Morgan fingerprint density at radius 2 is 2.18 bits per heavy atom. The molecule has 0 radical (unpaired) electrons. The van der Waals surface area contributed by atoms with Crippen LogP contribution in [0.15, 0.2) is 16.6 Å². The Hall–Kier alpha value is -0.860. The van der Waals surface area contributed by atoms with Gasteiger partial charge in [-0.2, -0.15) is 8.42 Å². The zero-order valence-corrected chi connectivity index (χ0v) is 14.8. The number of hydrogen-bond donors (Lipinski definition) is 0. The highest BCUT2D eigenvalue weighted by molar-refractivity contribution is 9.10. The van der Waals surface area contributed by atoms with Gasteiger partial charge in [0.1, 0.15) is 0 Å². The van der Waals surface area contributed by atoms with E-state index in [-0.39, 0.29) is 18.9 Å². The molecule has 1 unspecified atom stereocenters. The summed E-state index contributed by atoms with van der Waals surface area (Å²) < 4.78 is 40.5. The molecule has 1 heterocycles. The molecule has 1 fully saturated rings. The molecule has 122 valence electrons. The first-order valence-electron chi connectivity index (χ1n) is 6.55. The number of amides is 1. The lowest BCUT2D eigenvalue weighted by Crippen LogP contribution is -2.26. The Balaban J connectivity index is 2.34. The zero-order chi connectivity index (χ0) is 16.5. The third kappa shape index (κ3) is 4.11. The van der Waals surface area contributed by atoms with E-state index in [4.69, 9.17) is 16.3 Å². The lowest BCUT2D eigenvalue weighted by atomic mass is 10.1. The van der Waals surface area contributed by atoms with Crippen molar-refractivity contribution in [2.45, 2.75) is 13.3 Å². The first-order chi connectivity index (χ1) is 10.2. The Bertz CT molecular complexity index is 698. The number of hydrogen-bond acceptors (Lipinski definition) is 4. The van der Waals surface area contributed by atoms with Crippen molar-refractivity contribution in [2.75, 3.05) is 23.8 Å². The Morgan fingerprint density at radius 1 is 1.50 bits per heavy atom. The fraction of sp³-hybridized carbons (Fsp3) is 0.462. The topological polar surface area (TPSA) is 63.7 Å². The second kappa shape index (κ2) is 6.72. The molecule has 0 bridgehead atoms. The van der Waals surface area contributed by atoms with Crippen LogP contribution in [-0.4, -0.2) is 33.2 Å². The van der Waals surface area contributed by atoms with E-state index in [0.29, 0.717) is 27.5 Å². The predicted molar refractivity (Wildman–Crippen MR) is 85.7 cm³/mol. The van der Waals surface area contributed by atoms with Crippen molar-refractivity contribution in [1.82, 2.24) is 0 Å². The predicted octanol–water partition coefficient (Wildman–Crippen LogP) is 3.15. The van der Waals surface area contributed by atoms with Gasteiger partial charge < -0.3 is 9.64 Å². The fourth-order valence-corrected chi connectivity index (χ4v) is 4.14. The summed E-state index contributed by atoms with van der Waals surface area (Å²) in [6, 6.07) is 3.21. The maximum atomic E-state index is 12.8. The quantitative estimate of drug-likeness (QED) is 0.694. The molecule has 0 N–H and O–H groups in total. The highest BCUT2D eigenvalue weighted by atomic mass is 79.9. The second-order valence-electron chi connectivity index (χ2n) is 4.95. The number of carbonyl (C=O) groups is 1. The van der Waals surface area contributed by atoms with E-state index in [1.165, 1.54) is 4.90 Å². The van der Waals surface area contributed by atoms with Gasteiger partial charge in [0.25, 0.3) is 0 Å². The van der Waals surface area contributed by atoms with Gasteiger partial charge in [-0.1, -0.05) is 11.6 Å². The van der Waals surface area contributed by atoms with Crippen LogP contribution in [0.1, 0.15) is 13.3 Å². The fourth-order valence-electron chi connectivity index (χ4n) is 2.44. The van der Waals surface area contributed by atoms with E-state index in [9.17, 15) is 17.1 Å². The first-order valence-corrected chi connectivity index (χ1v) is 9.28. The van der Waals surface area contributed by atoms with Gasteiger partial charge in [0.15, 0.2) is 5.75 Å². The van der Waals surface area contributed by atoms with Gasteiger partial charge in [-0.15, -0.1) is 3.89 Å². The molecule has 1 aromatic carbocycles. The minimum atomic E-state index is -4.62. The van der Waals surface area contributed by atoms with Crippen molar-refractivity contribution in [3.05, 3.63) is 21.6 Å². The summed E-state index contributed by atoms with van der Waals surface area (Å²) in [6.45, 7) is 2.29. The molecule has 2 rings (SSSR count). The van der Waals surface area contributed by atoms with Crippen LogP contribution in [0.5, 0.6) is 5.75 Å². The lowest BCUT2D eigenvalue weighted by Gasteiger charge is -2.21. The highest BCUT2D eigenvalue weighted by Gasteiger charge is 2.35. The van der Waals surface area contributed by atoms with Crippen molar-refractivity contribution in [3.8, 4) is 5.75 Å². The summed E-state index contributed by atoms with van der Waals surface area (Å²) in [5.41, 5.74) is 0.449. The van der Waals surface area contributed by atoms with E-state index in [0.717, 1.165) is 0 Å². The minimum absolute atomic E-state index is 0.0289. The van der Waals surface area contributed by atoms with Crippen molar-refractivity contribution < 1.29 is 21.8 Å². The Kier molecular flexibility index (Phi) is 5.34. The van der Waals surface area contributed by atoms with Gasteiger partial charge in [0.05, 0.1) is 22.5 Å². The molecule has 0 saturated carbocycles. The van der Waals surface area contributed by atoms with E-state index < -0.39 is 21.9 Å². The molecule has 0 spiro atoms. The van der Waals surface area contributed by atoms with Crippen LogP contribution >= 0.6 is 27.5 Å². The van der Waals surface area contributed by atoms with Crippen LogP contribution in [0.4, 0.5) is 9.57 Å². The van der Waals surface area contributed by atoms with Gasteiger partial charge in [-0.25, -0.2) is 0 Å². The average molecular weight is 415 g/mol. The lowest BCUT2D eigenvalue weighted by molar-refractivity contribution is -0.117. The molecule has 1 amide bonds. The SMILES string of the molecule is CCOc1c(Br)cc(Cl)cc1N1CC(CS(=O)(=O)F)CC1=O. The summed E-state index contributed by atoms with van der Waals surface area (Å²) in [5, 5.41) is 0.402. The number of halogens is 3. The largest absolute Gasteiger partial charge is 0.490 e. The van der Waals surface area contributed by atoms with Gasteiger partial charge in [-0.05, 0) is 35.0 Å².